The molecule has 9 heteroatoms. The highest BCUT2D eigenvalue weighted by molar-refractivity contribution is 7.89. The summed E-state index contributed by atoms with van der Waals surface area (Å²) >= 11 is 6.06. The van der Waals surface area contributed by atoms with Crippen molar-refractivity contribution in [2.24, 2.45) is 5.92 Å². The third kappa shape index (κ3) is 5.81. The molecular formula is C18H27ClN2O5S. The van der Waals surface area contributed by atoms with Gasteiger partial charge in [-0.2, -0.15) is 4.31 Å². The average Bonchev–Trinajstić information content (AvgIpc) is 2.67. The number of nitrogens with zero attached hydrogens (tertiary/aromatic N) is 1. The van der Waals surface area contributed by atoms with E-state index < -0.39 is 10.0 Å². The van der Waals surface area contributed by atoms with Crippen molar-refractivity contribution in [2.75, 3.05) is 40.0 Å². The highest BCUT2D eigenvalue weighted by atomic mass is 35.5. The molecule has 0 unspecified atom stereocenters. The summed E-state index contributed by atoms with van der Waals surface area (Å²) in [5.41, 5.74) is 0. The standard InChI is InChI=1S/C18H27ClN2O5S/c1-3-26-11-5-9-20-18(22)14-6-4-10-21(13-14)27(23,24)15-7-8-17(25-2)16(19)12-15/h7-8,12,14H,3-6,9-11,13H2,1-2H3,(H,20,22)/t14-/m0/s1. The molecule has 1 aromatic carbocycles. The highest BCUT2D eigenvalue weighted by Gasteiger charge is 2.33. The molecule has 152 valence electrons. The molecule has 0 aliphatic carbocycles. The number of hydrogen-bond acceptors (Lipinski definition) is 5. The Hall–Kier alpha value is -1.35. The Bertz CT molecular complexity index is 741. The summed E-state index contributed by atoms with van der Waals surface area (Å²) in [6, 6.07) is 4.38. The molecule has 1 aromatic rings. The zero-order valence-electron chi connectivity index (χ0n) is 15.7. The number of halogens is 1. The van der Waals surface area contributed by atoms with E-state index in [1.807, 2.05) is 6.92 Å². The van der Waals surface area contributed by atoms with Crippen molar-refractivity contribution < 1.29 is 22.7 Å². The molecule has 1 heterocycles. The van der Waals surface area contributed by atoms with Crippen LogP contribution in [-0.2, 0) is 19.6 Å². The van der Waals surface area contributed by atoms with Gasteiger partial charge in [0, 0.05) is 32.8 Å². The molecule has 1 aliphatic heterocycles. The van der Waals surface area contributed by atoms with E-state index in [2.05, 4.69) is 5.32 Å². The van der Waals surface area contributed by atoms with Gasteiger partial charge in [-0.3, -0.25) is 4.79 Å². The fraction of sp³-hybridized carbons (Fsp3) is 0.611. The number of ether oxygens (including phenoxy) is 2. The fourth-order valence-corrected chi connectivity index (χ4v) is 4.88. The van der Waals surface area contributed by atoms with E-state index in [-0.39, 0.29) is 28.3 Å². The zero-order valence-corrected chi connectivity index (χ0v) is 17.3. The number of amides is 1. The lowest BCUT2D eigenvalue weighted by Crippen LogP contribution is -2.45. The number of sulfonamides is 1. The monoisotopic (exact) mass is 418 g/mol. The maximum absolute atomic E-state index is 12.9. The van der Waals surface area contributed by atoms with Crippen molar-refractivity contribution in [3.05, 3.63) is 23.2 Å². The molecule has 7 nitrogen and oxygen atoms in total. The summed E-state index contributed by atoms with van der Waals surface area (Å²) in [5, 5.41) is 3.10. The molecule has 1 N–H and O–H groups in total. The minimum atomic E-state index is -3.72. The number of rotatable bonds is 9. The van der Waals surface area contributed by atoms with Gasteiger partial charge in [0.2, 0.25) is 15.9 Å². The van der Waals surface area contributed by atoms with Gasteiger partial charge >= 0.3 is 0 Å². The van der Waals surface area contributed by atoms with Crippen molar-refractivity contribution >= 4 is 27.5 Å². The summed E-state index contributed by atoms with van der Waals surface area (Å²) in [4.78, 5) is 12.5. The number of methoxy groups -OCH3 is 1. The fourth-order valence-electron chi connectivity index (χ4n) is 3.01. The molecule has 0 radical (unpaired) electrons. The van der Waals surface area contributed by atoms with Crippen LogP contribution in [0.3, 0.4) is 0 Å². The van der Waals surface area contributed by atoms with E-state index in [0.29, 0.717) is 44.9 Å². The van der Waals surface area contributed by atoms with E-state index in [9.17, 15) is 13.2 Å². The van der Waals surface area contributed by atoms with Gasteiger partial charge in [0.15, 0.2) is 0 Å². The summed E-state index contributed by atoms with van der Waals surface area (Å²) in [6.45, 7) is 4.25. The number of nitrogens with one attached hydrogen (secondary N) is 1. The quantitative estimate of drug-likeness (QED) is 0.622. The summed E-state index contributed by atoms with van der Waals surface area (Å²) < 4.78 is 37.5. The SMILES string of the molecule is CCOCCCNC(=O)[C@H]1CCCN(S(=O)(=O)c2ccc(OC)c(Cl)c2)C1. The Morgan fingerprint density at radius 1 is 1.41 bits per heavy atom. The summed E-state index contributed by atoms with van der Waals surface area (Å²) in [6.07, 6.45) is 2.05. The van der Waals surface area contributed by atoms with Crippen molar-refractivity contribution in [1.29, 1.82) is 0 Å². The van der Waals surface area contributed by atoms with Crippen LogP contribution in [0.2, 0.25) is 5.02 Å². The van der Waals surface area contributed by atoms with Crippen LogP contribution < -0.4 is 10.1 Å². The van der Waals surface area contributed by atoms with Crippen LogP contribution in [0.1, 0.15) is 26.2 Å². The Morgan fingerprint density at radius 2 is 2.19 bits per heavy atom. The van der Waals surface area contributed by atoms with Crippen LogP contribution in [0, 0.1) is 5.92 Å². The molecule has 1 aliphatic rings. The Morgan fingerprint density at radius 3 is 2.85 bits per heavy atom. The first kappa shape index (κ1) is 21.9. The lowest BCUT2D eigenvalue weighted by molar-refractivity contribution is -0.126. The first-order valence-corrected chi connectivity index (χ1v) is 10.9. The van der Waals surface area contributed by atoms with Crippen molar-refractivity contribution in [3.63, 3.8) is 0 Å². The van der Waals surface area contributed by atoms with E-state index in [4.69, 9.17) is 21.1 Å². The van der Waals surface area contributed by atoms with Crippen LogP contribution in [0.5, 0.6) is 5.75 Å². The van der Waals surface area contributed by atoms with E-state index in [1.165, 1.54) is 29.6 Å². The lowest BCUT2D eigenvalue weighted by atomic mass is 9.99. The second-order valence-corrected chi connectivity index (χ2v) is 8.69. The Labute approximate surface area is 166 Å². The predicted octanol–water partition coefficient (Wildman–Crippen LogP) is 2.29. The van der Waals surface area contributed by atoms with Gasteiger partial charge in [-0.05, 0) is 44.4 Å². The topological polar surface area (TPSA) is 84.9 Å². The smallest absolute Gasteiger partial charge is 0.243 e. The van der Waals surface area contributed by atoms with Crippen LogP contribution in [-0.4, -0.2) is 58.6 Å². The number of hydrogen-bond donors (Lipinski definition) is 1. The highest BCUT2D eigenvalue weighted by Crippen LogP contribution is 2.30. The molecular weight excluding hydrogens is 392 g/mol. The van der Waals surface area contributed by atoms with Crippen molar-refractivity contribution in [1.82, 2.24) is 9.62 Å². The first-order valence-electron chi connectivity index (χ1n) is 9.09. The maximum Gasteiger partial charge on any atom is 0.243 e. The van der Waals surface area contributed by atoms with Gasteiger partial charge < -0.3 is 14.8 Å². The van der Waals surface area contributed by atoms with Crippen LogP contribution in [0.25, 0.3) is 0 Å². The van der Waals surface area contributed by atoms with Gasteiger partial charge in [-0.15, -0.1) is 0 Å². The minimum Gasteiger partial charge on any atom is -0.495 e. The average molecular weight is 419 g/mol. The molecule has 0 saturated carbocycles. The molecule has 1 fully saturated rings. The summed E-state index contributed by atoms with van der Waals surface area (Å²) in [5.74, 6) is -0.0490. The lowest BCUT2D eigenvalue weighted by Gasteiger charge is -2.31. The molecule has 0 spiro atoms. The molecule has 27 heavy (non-hydrogen) atoms. The number of carbonyl (C=O) groups is 1. The maximum atomic E-state index is 12.9. The Balaban J connectivity index is 1.99. The van der Waals surface area contributed by atoms with Crippen LogP contribution in [0.15, 0.2) is 23.1 Å². The largest absolute Gasteiger partial charge is 0.495 e. The third-order valence-electron chi connectivity index (χ3n) is 4.48. The van der Waals surface area contributed by atoms with E-state index in [1.54, 1.807) is 0 Å². The zero-order chi connectivity index (χ0) is 19.9. The van der Waals surface area contributed by atoms with Gasteiger partial charge in [-0.1, -0.05) is 11.6 Å². The molecule has 1 amide bonds. The summed E-state index contributed by atoms with van der Waals surface area (Å²) in [7, 11) is -2.25. The normalized spacial score (nSPS) is 18.3. The van der Waals surface area contributed by atoms with E-state index >= 15 is 0 Å². The molecule has 0 bridgehead atoms. The number of piperidine rings is 1. The van der Waals surface area contributed by atoms with Crippen molar-refractivity contribution in [3.8, 4) is 5.75 Å². The van der Waals surface area contributed by atoms with Gasteiger partial charge in [0.05, 0.1) is 22.9 Å². The minimum absolute atomic E-state index is 0.103. The van der Waals surface area contributed by atoms with Gasteiger partial charge in [-0.25, -0.2) is 8.42 Å². The first-order chi connectivity index (χ1) is 12.9. The molecule has 1 saturated heterocycles. The van der Waals surface area contributed by atoms with Crippen molar-refractivity contribution in [2.45, 2.75) is 31.1 Å². The molecule has 1 atom stereocenters. The van der Waals surface area contributed by atoms with Gasteiger partial charge in [0.1, 0.15) is 5.75 Å². The number of carbonyl (C=O) groups excluding carboxylic acids is 1. The predicted molar refractivity (Wildman–Crippen MR) is 104 cm³/mol. The second kappa shape index (κ2) is 10.3. The molecule has 2 rings (SSSR count). The van der Waals surface area contributed by atoms with E-state index in [0.717, 1.165) is 6.42 Å². The second-order valence-electron chi connectivity index (χ2n) is 6.34. The Kier molecular flexibility index (Phi) is 8.34. The van der Waals surface area contributed by atoms with Crippen LogP contribution in [0.4, 0.5) is 0 Å². The third-order valence-corrected chi connectivity index (χ3v) is 6.64. The van der Waals surface area contributed by atoms with Crippen LogP contribution >= 0.6 is 11.6 Å². The molecule has 0 aromatic heterocycles. The van der Waals surface area contributed by atoms with Gasteiger partial charge in [0.25, 0.3) is 0 Å². The number of benzene rings is 1.